The predicted octanol–water partition coefficient (Wildman–Crippen LogP) is 2.57. The Morgan fingerprint density at radius 3 is 2.92 bits per heavy atom. The second-order valence-corrected chi connectivity index (χ2v) is 2.49. The number of hydrogen-bond donors (Lipinski definition) is 0. The first-order valence-electron chi connectivity index (χ1n) is 4.00. The van der Waals surface area contributed by atoms with Gasteiger partial charge in [-0.1, -0.05) is 30.9 Å². The van der Waals surface area contributed by atoms with Gasteiger partial charge < -0.3 is 0 Å². The average Bonchev–Trinajstić information content (AvgIpc) is 2.15. The first-order valence-corrected chi connectivity index (χ1v) is 4.00. The lowest BCUT2D eigenvalue weighted by molar-refractivity contribution is 0.573. The molecule has 0 aliphatic heterocycles. The third-order valence-electron chi connectivity index (χ3n) is 1.63. The molecule has 1 heteroatoms. The number of aryl methyl sites for hydroxylation is 1. The van der Waals surface area contributed by atoms with Gasteiger partial charge in [0.2, 0.25) is 0 Å². The van der Waals surface area contributed by atoms with Crippen molar-refractivity contribution in [3.8, 4) is 11.8 Å². The molecule has 0 saturated carbocycles. The van der Waals surface area contributed by atoms with Crippen molar-refractivity contribution in [2.45, 2.75) is 13.3 Å². The Labute approximate surface area is 72.4 Å². The number of alkyl halides is 1. The Balaban J connectivity index is 2.86. The van der Waals surface area contributed by atoms with Crippen LogP contribution in [0.25, 0.3) is 0 Å². The van der Waals surface area contributed by atoms with Crippen molar-refractivity contribution in [2.24, 2.45) is 0 Å². The van der Waals surface area contributed by atoms with E-state index >= 15 is 0 Å². The largest absolute Gasteiger partial charge is 0.237 e. The van der Waals surface area contributed by atoms with Crippen molar-refractivity contribution in [1.82, 2.24) is 0 Å². The molecule has 12 heavy (non-hydrogen) atoms. The minimum absolute atomic E-state index is 0.573. The summed E-state index contributed by atoms with van der Waals surface area (Å²) in [7, 11) is 0. The van der Waals surface area contributed by atoms with Gasteiger partial charge in [-0.3, -0.25) is 0 Å². The molecule has 0 unspecified atom stereocenters. The van der Waals surface area contributed by atoms with E-state index in [-0.39, 0.29) is 0 Å². The maximum atomic E-state index is 11.7. The highest BCUT2D eigenvalue weighted by Gasteiger charge is 1.89. The lowest BCUT2D eigenvalue weighted by atomic mass is 10.1. The van der Waals surface area contributed by atoms with Crippen LogP contribution in [0.3, 0.4) is 0 Å². The van der Waals surface area contributed by atoms with Gasteiger partial charge in [-0.05, 0) is 24.1 Å². The highest BCUT2D eigenvalue weighted by molar-refractivity contribution is 5.37. The summed E-state index contributed by atoms with van der Waals surface area (Å²) in [5.74, 6) is 5.14. The van der Waals surface area contributed by atoms with Gasteiger partial charge in [-0.2, -0.15) is 0 Å². The zero-order valence-electron chi connectivity index (χ0n) is 7.10. The lowest BCUT2D eigenvalue weighted by Gasteiger charge is -1.95. The van der Waals surface area contributed by atoms with Gasteiger partial charge in [-0.25, -0.2) is 4.39 Å². The van der Waals surface area contributed by atoms with E-state index in [1.807, 2.05) is 24.3 Å². The second-order valence-electron chi connectivity index (χ2n) is 2.49. The summed E-state index contributed by atoms with van der Waals surface area (Å²) >= 11 is 0. The third kappa shape index (κ3) is 2.39. The molecule has 0 spiro atoms. The number of benzene rings is 1. The molecule has 0 saturated heterocycles. The quantitative estimate of drug-likeness (QED) is 0.557. The predicted molar refractivity (Wildman–Crippen MR) is 48.7 cm³/mol. The van der Waals surface area contributed by atoms with E-state index in [9.17, 15) is 4.39 Å². The average molecular weight is 162 g/mol. The normalized spacial score (nSPS) is 8.83. The lowest BCUT2D eigenvalue weighted by Crippen LogP contribution is -1.81. The minimum atomic E-state index is -0.573. The highest BCUT2D eigenvalue weighted by atomic mass is 19.1. The molecule has 0 aliphatic carbocycles. The van der Waals surface area contributed by atoms with Crippen LogP contribution in [0.1, 0.15) is 18.1 Å². The first kappa shape index (κ1) is 8.80. The molecule has 1 rings (SSSR count). The van der Waals surface area contributed by atoms with Gasteiger partial charge in [0.25, 0.3) is 0 Å². The molecule has 1 aromatic carbocycles. The van der Waals surface area contributed by atoms with Crippen molar-refractivity contribution in [3.63, 3.8) is 0 Å². The van der Waals surface area contributed by atoms with E-state index in [2.05, 4.69) is 18.8 Å². The molecular weight excluding hydrogens is 151 g/mol. The van der Waals surface area contributed by atoms with E-state index in [1.54, 1.807) is 0 Å². The van der Waals surface area contributed by atoms with E-state index in [0.717, 1.165) is 12.0 Å². The Kier molecular flexibility index (Phi) is 3.35. The van der Waals surface area contributed by atoms with Crippen LogP contribution in [0.5, 0.6) is 0 Å². The van der Waals surface area contributed by atoms with Crippen molar-refractivity contribution >= 4 is 0 Å². The SMILES string of the molecule is CCc1cccc(C#CCF)c1. The summed E-state index contributed by atoms with van der Waals surface area (Å²) in [6, 6.07) is 7.87. The molecule has 0 radical (unpaired) electrons. The molecule has 1 aromatic rings. The monoisotopic (exact) mass is 162 g/mol. The molecule has 0 N–H and O–H groups in total. The van der Waals surface area contributed by atoms with Crippen LogP contribution < -0.4 is 0 Å². The zero-order valence-corrected chi connectivity index (χ0v) is 7.10. The van der Waals surface area contributed by atoms with E-state index in [4.69, 9.17) is 0 Å². The van der Waals surface area contributed by atoms with Crippen LogP contribution in [0, 0.1) is 11.8 Å². The molecule has 0 nitrogen and oxygen atoms in total. The van der Waals surface area contributed by atoms with E-state index in [1.165, 1.54) is 5.56 Å². The van der Waals surface area contributed by atoms with Crippen LogP contribution in [0.4, 0.5) is 4.39 Å². The maximum Gasteiger partial charge on any atom is 0.150 e. The Morgan fingerprint density at radius 2 is 2.25 bits per heavy atom. The Hall–Kier alpha value is -1.29. The summed E-state index contributed by atoms with van der Waals surface area (Å²) in [6.07, 6.45) is 0.991. The number of rotatable bonds is 1. The van der Waals surface area contributed by atoms with Crippen molar-refractivity contribution in [2.75, 3.05) is 6.67 Å². The number of halogens is 1. The highest BCUT2D eigenvalue weighted by Crippen LogP contribution is 2.03. The summed E-state index contributed by atoms with van der Waals surface area (Å²) in [5.41, 5.74) is 2.13. The third-order valence-corrected chi connectivity index (χ3v) is 1.63. The van der Waals surface area contributed by atoms with Crippen molar-refractivity contribution in [1.29, 1.82) is 0 Å². The van der Waals surface area contributed by atoms with Crippen molar-refractivity contribution < 1.29 is 4.39 Å². The molecule has 0 heterocycles. The van der Waals surface area contributed by atoms with Crippen LogP contribution in [0.2, 0.25) is 0 Å². The molecule has 0 aliphatic rings. The van der Waals surface area contributed by atoms with Gasteiger partial charge in [0, 0.05) is 5.56 Å². The molecule has 0 amide bonds. The van der Waals surface area contributed by atoms with Gasteiger partial charge >= 0.3 is 0 Å². The van der Waals surface area contributed by atoms with E-state index in [0.29, 0.717) is 0 Å². The Morgan fingerprint density at radius 1 is 1.42 bits per heavy atom. The molecule has 0 atom stereocenters. The van der Waals surface area contributed by atoms with E-state index < -0.39 is 6.67 Å². The van der Waals surface area contributed by atoms with Crippen LogP contribution in [-0.4, -0.2) is 6.67 Å². The zero-order chi connectivity index (χ0) is 8.81. The smallest absolute Gasteiger partial charge is 0.150 e. The topological polar surface area (TPSA) is 0 Å². The molecule has 0 fully saturated rings. The Bertz CT molecular complexity index is 304. The van der Waals surface area contributed by atoms with Crippen LogP contribution in [-0.2, 0) is 6.42 Å². The fourth-order valence-electron chi connectivity index (χ4n) is 1.00. The molecule has 0 aromatic heterocycles. The van der Waals surface area contributed by atoms with Gasteiger partial charge in [-0.15, -0.1) is 0 Å². The standard InChI is InChI=1S/C11H11F/c1-2-10-5-3-6-11(9-10)7-4-8-12/h3,5-6,9H,2,8H2,1H3. The fraction of sp³-hybridized carbons (Fsp3) is 0.273. The maximum absolute atomic E-state index is 11.7. The van der Waals surface area contributed by atoms with Crippen LogP contribution in [0.15, 0.2) is 24.3 Å². The summed E-state index contributed by atoms with van der Waals surface area (Å²) in [4.78, 5) is 0. The number of hydrogen-bond acceptors (Lipinski definition) is 0. The fourth-order valence-corrected chi connectivity index (χ4v) is 1.00. The summed E-state index contributed by atoms with van der Waals surface area (Å²) in [6.45, 7) is 1.51. The molecule has 62 valence electrons. The summed E-state index contributed by atoms with van der Waals surface area (Å²) < 4.78 is 11.7. The second kappa shape index (κ2) is 4.56. The minimum Gasteiger partial charge on any atom is -0.237 e. The molecular formula is C11H11F. The van der Waals surface area contributed by atoms with Gasteiger partial charge in [0.05, 0.1) is 0 Å². The van der Waals surface area contributed by atoms with Crippen LogP contribution >= 0.6 is 0 Å². The van der Waals surface area contributed by atoms with Gasteiger partial charge in [0.15, 0.2) is 6.67 Å². The first-order chi connectivity index (χ1) is 5.86. The van der Waals surface area contributed by atoms with Gasteiger partial charge in [0.1, 0.15) is 0 Å². The molecule has 0 bridgehead atoms. The summed E-state index contributed by atoms with van der Waals surface area (Å²) in [5, 5.41) is 0. The van der Waals surface area contributed by atoms with Crippen molar-refractivity contribution in [3.05, 3.63) is 35.4 Å².